The lowest BCUT2D eigenvalue weighted by Crippen LogP contribution is -2.49. The molecule has 3 aromatic rings. The highest BCUT2D eigenvalue weighted by molar-refractivity contribution is 6.52. The molecule has 0 spiro atoms. The number of rotatable bonds is 4. The van der Waals surface area contributed by atoms with Crippen molar-refractivity contribution in [2.24, 2.45) is 0 Å². The fraction of sp³-hybridized carbons (Fsp3) is 0.353. The van der Waals surface area contributed by atoms with Crippen LogP contribution in [0, 0.1) is 0 Å². The molecule has 1 radical (unpaired) electrons. The van der Waals surface area contributed by atoms with E-state index in [4.69, 9.17) is 20.7 Å². The zero-order chi connectivity index (χ0) is 16.8. The van der Waals surface area contributed by atoms with E-state index in [1.54, 1.807) is 19.9 Å². The first-order valence-corrected chi connectivity index (χ1v) is 7.78. The van der Waals surface area contributed by atoms with Crippen LogP contribution in [0.15, 0.2) is 34.7 Å². The minimum Gasteiger partial charge on any atom is -0.456 e. The number of halogens is 1. The average molecular weight is 331 g/mol. The first-order valence-electron chi connectivity index (χ1n) is 7.40. The Bertz CT molecular complexity index is 867. The predicted molar refractivity (Wildman–Crippen MR) is 93.4 cm³/mol. The van der Waals surface area contributed by atoms with E-state index in [1.165, 1.54) is 7.48 Å². The lowest BCUT2D eigenvalue weighted by molar-refractivity contribution is -0.0893. The van der Waals surface area contributed by atoms with Crippen molar-refractivity contribution in [3.63, 3.8) is 0 Å². The van der Waals surface area contributed by atoms with Gasteiger partial charge in [-0.15, -0.1) is 0 Å². The maximum absolute atomic E-state index is 10.2. The molecule has 23 heavy (non-hydrogen) atoms. The van der Waals surface area contributed by atoms with Crippen LogP contribution in [0.2, 0.25) is 5.15 Å². The lowest BCUT2D eigenvalue weighted by atomic mass is 9.83. The van der Waals surface area contributed by atoms with Crippen molar-refractivity contribution >= 4 is 46.6 Å². The molecule has 3 rings (SSSR count). The summed E-state index contributed by atoms with van der Waals surface area (Å²) in [5, 5.41) is 12.3. The normalized spacial score (nSPS) is 13.0. The van der Waals surface area contributed by atoms with Gasteiger partial charge in [0.05, 0.1) is 11.2 Å². The number of nitrogens with zero attached hydrogens (tertiary/aromatic N) is 1. The Kier molecular flexibility index (Phi) is 3.91. The summed E-state index contributed by atoms with van der Waals surface area (Å²) in [5.41, 5.74) is 0.197. The third kappa shape index (κ3) is 2.96. The zero-order valence-electron chi connectivity index (χ0n) is 13.6. The van der Waals surface area contributed by atoms with Crippen molar-refractivity contribution in [3.8, 4) is 0 Å². The van der Waals surface area contributed by atoms with Crippen LogP contribution in [0.3, 0.4) is 0 Å². The summed E-state index contributed by atoms with van der Waals surface area (Å²) in [6.45, 7) is 7.04. The highest BCUT2D eigenvalue weighted by Crippen LogP contribution is 2.29. The van der Waals surface area contributed by atoms with Crippen LogP contribution >= 0.6 is 11.6 Å². The SMILES string of the molecule is CC(C)(O)C(C)(C)O[B]c1nc(Cl)cc2oc3ccccc3c12. The second-order valence-corrected chi connectivity index (χ2v) is 6.99. The molecule has 2 aromatic heterocycles. The molecular formula is C17H18BClNO3. The highest BCUT2D eigenvalue weighted by Gasteiger charge is 2.36. The number of para-hydroxylation sites is 1. The maximum Gasteiger partial charge on any atom is 0.352 e. The number of furan rings is 1. The average Bonchev–Trinajstić information content (AvgIpc) is 2.81. The number of aromatic nitrogens is 1. The Morgan fingerprint density at radius 3 is 2.57 bits per heavy atom. The fourth-order valence-electron chi connectivity index (χ4n) is 2.17. The van der Waals surface area contributed by atoms with E-state index < -0.39 is 11.2 Å². The van der Waals surface area contributed by atoms with E-state index in [0.717, 1.165) is 16.4 Å². The molecule has 6 heteroatoms. The van der Waals surface area contributed by atoms with Gasteiger partial charge in [0.1, 0.15) is 16.3 Å². The van der Waals surface area contributed by atoms with Crippen LogP contribution in [0.25, 0.3) is 21.9 Å². The van der Waals surface area contributed by atoms with Gasteiger partial charge in [0.15, 0.2) is 0 Å². The van der Waals surface area contributed by atoms with E-state index in [0.29, 0.717) is 16.3 Å². The first-order chi connectivity index (χ1) is 10.7. The van der Waals surface area contributed by atoms with Crippen LogP contribution < -0.4 is 5.59 Å². The van der Waals surface area contributed by atoms with Crippen molar-refractivity contribution in [1.29, 1.82) is 0 Å². The highest BCUT2D eigenvalue weighted by atomic mass is 35.5. The Hall–Kier alpha value is -1.56. The van der Waals surface area contributed by atoms with Crippen LogP contribution in [0.1, 0.15) is 27.7 Å². The third-order valence-electron chi connectivity index (χ3n) is 4.29. The molecular weight excluding hydrogens is 312 g/mol. The number of aliphatic hydroxyl groups is 1. The Morgan fingerprint density at radius 1 is 1.17 bits per heavy atom. The Morgan fingerprint density at radius 2 is 1.87 bits per heavy atom. The molecule has 1 N–H and O–H groups in total. The summed E-state index contributed by atoms with van der Waals surface area (Å²) in [7, 11) is 1.54. The summed E-state index contributed by atoms with van der Waals surface area (Å²) in [4.78, 5) is 4.35. The minimum atomic E-state index is -1.01. The molecule has 0 atom stereocenters. The van der Waals surface area contributed by atoms with Gasteiger partial charge in [-0.05, 0) is 33.8 Å². The van der Waals surface area contributed by atoms with Crippen molar-refractivity contribution in [1.82, 2.24) is 4.98 Å². The predicted octanol–water partition coefficient (Wildman–Crippen LogP) is 3.45. The van der Waals surface area contributed by atoms with Gasteiger partial charge < -0.3 is 14.2 Å². The van der Waals surface area contributed by atoms with E-state index in [1.807, 2.05) is 38.1 Å². The molecule has 0 saturated carbocycles. The second kappa shape index (κ2) is 5.51. The molecule has 0 unspecified atom stereocenters. The number of fused-ring (bicyclic) bond motifs is 3. The third-order valence-corrected chi connectivity index (χ3v) is 4.49. The van der Waals surface area contributed by atoms with Crippen molar-refractivity contribution in [2.45, 2.75) is 38.9 Å². The summed E-state index contributed by atoms with van der Waals surface area (Å²) in [6.07, 6.45) is 0. The number of hydrogen-bond donors (Lipinski definition) is 1. The molecule has 0 saturated heterocycles. The Balaban J connectivity index is 2.07. The zero-order valence-corrected chi connectivity index (χ0v) is 14.3. The van der Waals surface area contributed by atoms with Gasteiger partial charge in [0, 0.05) is 22.4 Å². The van der Waals surface area contributed by atoms with Gasteiger partial charge in [-0.1, -0.05) is 29.8 Å². The summed E-state index contributed by atoms with van der Waals surface area (Å²) < 4.78 is 11.6. The van der Waals surface area contributed by atoms with Crippen molar-refractivity contribution < 1.29 is 14.2 Å². The van der Waals surface area contributed by atoms with Crippen LogP contribution in [0.4, 0.5) is 0 Å². The smallest absolute Gasteiger partial charge is 0.352 e. The van der Waals surface area contributed by atoms with E-state index in [2.05, 4.69) is 4.98 Å². The van der Waals surface area contributed by atoms with Crippen molar-refractivity contribution in [3.05, 3.63) is 35.5 Å². The summed E-state index contributed by atoms with van der Waals surface area (Å²) in [5.74, 6) is 0. The molecule has 0 fully saturated rings. The molecule has 0 aliphatic carbocycles. The van der Waals surface area contributed by atoms with Gasteiger partial charge >= 0.3 is 7.48 Å². The maximum atomic E-state index is 10.2. The molecule has 0 aliphatic rings. The number of hydrogen-bond acceptors (Lipinski definition) is 4. The molecule has 4 nitrogen and oxygen atoms in total. The molecule has 0 amide bonds. The van der Waals surface area contributed by atoms with Crippen LogP contribution in [-0.4, -0.2) is 28.8 Å². The van der Waals surface area contributed by atoms with Crippen LogP contribution in [0.5, 0.6) is 0 Å². The molecule has 2 heterocycles. The van der Waals surface area contributed by atoms with Crippen molar-refractivity contribution in [2.75, 3.05) is 0 Å². The van der Waals surface area contributed by atoms with E-state index in [9.17, 15) is 5.11 Å². The summed E-state index contributed by atoms with van der Waals surface area (Å²) >= 11 is 6.10. The first kappa shape index (κ1) is 16.3. The monoisotopic (exact) mass is 330 g/mol. The molecule has 1 aromatic carbocycles. The van der Waals surface area contributed by atoms with Gasteiger partial charge in [-0.2, -0.15) is 0 Å². The molecule has 119 valence electrons. The largest absolute Gasteiger partial charge is 0.456 e. The molecule has 0 aliphatic heterocycles. The van der Waals surface area contributed by atoms with E-state index in [-0.39, 0.29) is 0 Å². The standard InChI is InChI=1S/C17H18BClNO3/c1-16(2,21)17(3,4)23-18-15-14-10-7-5-6-8-11(10)22-12(14)9-13(19)20-15/h5-9,21H,1-4H3. The van der Waals surface area contributed by atoms with Gasteiger partial charge in [0.25, 0.3) is 0 Å². The lowest BCUT2D eigenvalue weighted by Gasteiger charge is -2.37. The summed E-state index contributed by atoms with van der Waals surface area (Å²) in [6, 6.07) is 9.41. The number of pyridine rings is 1. The minimum absolute atomic E-state index is 0.326. The quantitative estimate of drug-likeness (QED) is 0.588. The van der Waals surface area contributed by atoms with Gasteiger partial charge in [0.2, 0.25) is 0 Å². The number of benzene rings is 1. The second-order valence-electron chi connectivity index (χ2n) is 6.61. The van der Waals surface area contributed by atoms with E-state index >= 15 is 0 Å². The van der Waals surface area contributed by atoms with Gasteiger partial charge in [-0.3, -0.25) is 0 Å². The Labute approximate surface area is 140 Å². The van der Waals surface area contributed by atoms with Crippen LogP contribution in [-0.2, 0) is 4.65 Å². The topological polar surface area (TPSA) is 55.5 Å². The molecule has 0 bridgehead atoms. The van der Waals surface area contributed by atoms with Gasteiger partial charge in [-0.25, -0.2) is 4.98 Å². The fourth-order valence-corrected chi connectivity index (χ4v) is 2.36.